The summed E-state index contributed by atoms with van der Waals surface area (Å²) in [5, 5.41) is 14.2. The monoisotopic (exact) mass is 499 g/mol. The Bertz CT molecular complexity index is 878. The number of carboxylic acids is 1. The quantitative estimate of drug-likeness (QED) is 0.255. The molecule has 2 aliphatic heterocycles. The molecule has 0 aliphatic carbocycles. The fourth-order valence-electron chi connectivity index (χ4n) is 5.12. The largest absolute Gasteiger partial charge is 0.481 e. The lowest BCUT2D eigenvalue weighted by molar-refractivity contribution is -0.137. The Balaban J connectivity index is 1.27. The maximum absolute atomic E-state index is 12.6. The van der Waals surface area contributed by atoms with Crippen LogP contribution >= 0.6 is 0 Å². The minimum Gasteiger partial charge on any atom is -0.481 e. The van der Waals surface area contributed by atoms with Gasteiger partial charge in [0.15, 0.2) is 0 Å². The zero-order valence-corrected chi connectivity index (χ0v) is 21.3. The van der Waals surface area contributed by atoms with E-state index in [2.05, 4.69) is 22.8 Å². The Morgan fingerprint density at radius 2 is 1.44 bits per heavy atom. The molecule has 2 fully saturated rings. The second-order valence-corrected chi connectivity index (χ2v) is 10.1. The van der Waals surface area contributed by atoms with Crippen LogP contribution in [0.2, 0.25) is 0 Å². The molecule has 198 valence electrons. The van der Waals surface area contributed by atoms with Crippen LogP contribution in [0, 0.1) is 0 Å². The van der Waals surface area contributed by atoms with Crippen molar-refractivity contribution in [1.29, 1.82) is 0 Å². The standard InChI is InChI=1S/C28H41N3O5/c32-25-16-15-24(28(36)30-25)29-23-13-11-21(12-14-23)22-17-19-31(20-18-22)26(33)9-7-5-3-1-2-4-6-8-10-27(34)35/h11-14,22,24,29H,1-10,15-20H2,(H,34,35)(H,30,32,36). The maximum Gasteiger partial charge on any atom is 0.303 e. The van der Waals surface area contributed by atoms with Gasteiger partial charge in [-0.15, -0.1) is 0 Å². The molecule has 1 aromatic rings. The molecule has 0 bridgehead atoms. The summed E-state index contributed by atoms with van der Waals surface area (Å²) >= 11 is 0. The fourth-order valence-corrected chi connectivity index (χ4v) is 5.12. The number of nitrogens with zero attached hydrogens (tertiary/aromatic N) is 1. The van der Waals surface area contributed by atoms with Crippen LogP contribution in [0.5, 0.6) is 0 Å². The predicted molar refractivity (Wildman–Crippen MR) is 139 cm³/mol. The van der Waals surface area contributed by atoms with Crippen molar-refractivity contribution in [3.05, 3.63) is 29.8 Å². The molecule has 8 nitrogen and oxygen atoms in total. The van der Waals surface area contributed by atoms with E-state index in [4.69, 9.17) is 5.11 Å². The van der Waals surface area contributed by atoms with Gasteiger partial charge in [0.1, 0.15) is 6.04 Å². The summed E-state index contributed by atoms with van der Waals surface area (Å²) in [6.45, 7) is 1.60. The molecule has 0 saturated carbocycles. The molecule has 3 N–H and O–H groups in total. The maximum atomic E-state index is 12.6. The third-order valence-corrected chi connectivity index (χ3v) is 7.34. The highest BCUT2D eigenvalue weighted by atomic mass is 16.4. The molecule has 3 amide bonds. The predicted octanol–water partition coefficient (Wildman–Crippen LogP) is 4.60. The summed E-state index contributed by atoms with van der Waals surface area (Å²) in [6, 6.07) is 7.81. The number of imide groups is 1. The average Bonchev–Trinajstić information content (AvgIpc) is 2.87. The van der Waals surface area contributed by atoms with Crippen molar-refractivity contribution in [3.8, 4) is 0 Å². The molecule has 1 aromatic carbocycles. The molecule has 1 atom stereocenters. The van der Waals surface area contributed by atoms with Crippen molar-refractivity contribution >= 4 is 29.4 Å². The minimum absolute atomic E-state index is 0.212. The Morgan fingerprint density at radius 1 is 0.861 bits per heavy atom. The van der Waals surface area contributed by atoms with Gasteiger partial charge in [0, 0.05) is 38.0 Å². The number of amides is 3. The van der Waals surface area contributed by atoms with Crippen LogP contribution in [0.4, 0.5) is 5.69 Å². The molecule has 2 saturated heterocycles. The topological polar surface area (TPSA) is 116 Å². The summed E-state index contributed by atoms with van der Waals surface area (Å²) in [6.07, 6.45) is 12.0. The van der Waals surface area contributed by atoms with Gasteiger partial charge >= 0.3 is 5.97 Å². The van der Waals surface area contributed by atoms with Gasteiger partial charge in [-0.05, 0) is 55.7 Å². The zero-order valence-electron chi connectivity index (χ0n) is 21.3. The molecule has 1 unspecified atom stereocenters. The Hall–Kier alpha value is -2.90. The van der Waals surface area contributed by atoms with Crippen LogP contribution in [0.15, 0.2) is 24.3 Å². The second-order valence-electron chi connectivity index (χ2n) is 10.1. The lowest BCUT2D eigenvalue weighted by atomic mass is 9.89. The van der Waals surface area contributed by atoms with E-state index < -0.39 is 5.97 Å². The first-order valence-electron chi connectivity index (χ1n) is 13.6. The van der Waals surface area contributed by atoms with Gasteiger partial charge in [-0.2, -0.15) is 0 Å². The number of anilines is 1. The van der Waals surface area contributed by atoms with Crippen molar-refractivity contribution in [3.63, 3.8) is 0 Å². The van der Waals surface area contributed by atoms with E-state index in [1.807, 2.05) is 17.0 Å². The molecular weight excluding hydrogens is 458 g/mol. The molecule has 2 aliphatic rings. The normalized spacial score (nSPS) is 18.7. The molecular formula is C28H41N3O5. The lowest BCUT2D eigenvalue weighted by Gasteiger charge is -2.32. The summed E-state index contributed by atoms with van der Waals surface area (Å²) in [4.78, 5) is 48.3. The van der Waals surface area contributed by atoms with Gasteiger partial charge in [0.25, 0.3) is 0 Å². The van der Waals surface area contributed by atoms with E-state index in [-0.39, 0.29) is 30.2 Å². The van der Waals surface area contributed by atoms with E-state index in [0.717, 1.165) is 83.0 Å². The Kier molecular flexibility index (Phi) is 11.2. The van der Waals surface area contributed by atoms with Gasteiger partial charge in [-0.25, -0.2) is 0 Å². The number of carboxylic acid groups (broad SMARTS) is 1. The third kappa shape index (κ3) is 9.28. The van der Waals surface area contributed by atoms with Gasteiger partial charge in [-0.1, -0.05) is 50.7 Å². The van der Waals surface area contributed by atoms with Gasteiger partial charge in [-0.3, -0.25) is 24.5 Å². The number of hydrogen-bond donors (Lipinski definition) is 3. The number of nitrogens with one attached hydrogen (secondary N) is 2. The Labute approximate surface area is 214 Å². The average molecular weight is 500 g/mol. The highest BCUT2D eigenvalue weighted by molar-refractivity contribution is 6.01. The number of unbranched alkanes of at least 4 members (excludes halogenated alkanes) is 7. The fraction of sp³-hybridized carbons (Fsp3) is 0.643. The molecule has 0 spiro atoms. The van der Waals surface area contributed by atoms with Gasteiger partial charge < -0.3 is 15.3 Å². The number of likely N-dealkylation sites (tertiary alicyclic amines) is 1. The van der Waals surface area contributed by atoms with E-state index in [1.165, 1.54) is 5.56 Å². The first kappa shape index (κ1) is 27.7. The van der Waals surface area contributed by atoms with Crippen LogP contribution in [0.3, 0.4) is 0 Å². The molecule has 36 heavy (non-hydrogen) atoms. The van der Waals surface area contributed by atoms with Crippen LogP contribution in [-0.4, -0.2) is 52.8 Å². The molecule has 2 heterocycles. The molecule has 0 radical (unpaired) electrons. The highest BCUT2D eigenvalue weighted by Gasteiger charge is 2.27. The minimum atomic E-state index is -0.709. The molecule has 3 rings (SSSR count). The van der Waals surface area contributed by atoms with E-state index >= 15 is 0 Å². The summed E-state index contributed by atoms with van der Waals surface area (Å²) in [5.41, 5.74) is 2.14. The number of aliphatic carboxylic acids is 1. The zero-order chi connectivity index (χ0) is 25.8. The van der Waals surface area contributed by atoms with Crippen LogP contribution in [0.25, 0.3) is 0 Å². The number of piperidine rings is 2. The number of carbonyl (C=O) groups is 4. The van der Waals surface area contributed by atoms with Gasteiger partial charge in [0.2, 0.25) is 17.7 Å². The van der Waals surface area contributed by atoms with Crippen molar-refractivity contribution in [1.82, 2.24) is 10.2 Å². The first-order chi connectivity index (χ1) is 17.4. The second kappa shape index (κ2) is 14.6. The summed E-state index contributed by atoms with van der Waals surface area (Å²) in [7, 11) is 0. The summed E-state index contributed by atoms with van der Waals surface area (Å²) < 4.78 is 0. The van der Waals surface area contributed by atoms with Crippen LogP contribution in [0.1, 0.15) is 101 Å². The number of carbonyl (C=O) groups excluding carboxylic acids is 3. The lowest BCUT2D eigenvalue weighted by Crippen LogP contribution is -2.47. The third-order valence-electron chi connectivity index (χ3n) is 7.34. The summed E-state index contributed by atoms with van der Waals surface area (Å²) in [5.74, 6) is -0.479. The van der Waals surface area contributed by atoms with E-state index in [0.29, 0.717) is 25.2 Å². The van der Waals surface area contributed by atoms with Gasteiger partial charge in [0.05, 0.1) is 0 Å². The number of hydrogen-bond acceptors (Lipinski definition) is 5. The van der Waals surface area contributed by atoms with Crippen molar-refractivity contribution in [2.24, 2.45) is 0 Å². The SMILES string of the molecule is O=C(O)CCCCCCCCCCC(=O)N1CCC(c2ccc(NC3CCC(=O)NC3=O)cc2)CC1. The highest BCUT2D eigenvalue weighted by Crippen LogP contribution is 2.29. The Morgan fingerprint density at radius 3 is 2.03 bits per heavy atom. The van der Waals surface area contributed by atoms with Crippen LogP contribution in [-0.2, 0) is 19.2 Å². The number of benzene rings is 1. The van der Waals surface area contributed by atoms with E-state index in [1.54, 1.807) is 0 Å². The smallest absolute Gasteiger partial charge is 0.303 e. The van der Waals surface area contributed by atoms with Crippen molar-refractivity contribution < 1.29 is 24.3 Å². The van der Waals surface area contributed by atoms with Crippen molar-refractivity contribution in [2.45, 2.75) is 102 Å². The van der Waals surface area contributed by atoms with Crippen LogP contribution < -0.4 is 10.6 Å². The molecule has 0 aromatic heterocycles. The van der Waals surface area contributed by atoms with E-state index in [9.17, 15) is 19.2 Å². The number of rotatable bonds is 14. The first-order valence-corrected chi connectivity index (χ1v) is 13.6. The van der Waals surface area contributed by atoms with Crippen molar-refractivity contribution in [2.75, 3.05) is 18.4 Å². The molecule has 8 heteroatoms.